The van der Waals surface area contributed by atoms with Gasteiger partial charge in [-0.1, -0.05) is 167 Å². The van der Waals surface area contributed by atoms with Gasteiger partial charge in [0.05, 0.1) is 25.4 Å². The van der Waals surface area contributed by atoms with E-state index in [9.17, 15) is 38.7 Å². The molecule has 14 heteroatoms. The Bertz CT molecular complexity index is 1120. The second-order valence-corrected chi connectivity index (χ2v) is 16.5. The number of nitrogens with one attached hydrogen (secondary N) is 1. The van der Waals surface area contributed by atoms with Gasteiger partial charge in [0.25, 0.3) is 0 Å². The summed E-state index contributed by atoms with van der Waals surface area (Å²) >= 11 is 0. The molecule has 56 heavy (non-hydrogen) atoms. The first-order valence-corrected chi connectivity index (χ1v) is 23.2. The van der Waals surface area contributed by atoms with E-state index in [0.717, 1.165) is 32.1 Å². The Morgan fingerprint density at radius 1 is 0.732 bits per heavy atom. The van der Waals surface area contributed by atoms with E-state index in [1.165, 1.54) is 103 Å². The van der Waals surface area contributed by atoms with Gasteiger partial charge >= 0.3 is 10.4 Å². The summed E-state index contributed by atoms with van der Waals surface area (Å²) in [6.45, 7) is 3.21. The minimum atomic E-state index is -5.11. The number of aliphatic hydroxyl groups excluding tert-OH is 5. The fourth-order valence-corrected chi connectivity index (χ4v) is 7.37. The van der Waals surface area contributed by atoms with Gasteiger partial charge in [0.15, 0.2) is 6.29 Å². The first kappa shape index (κ1) is 52.6. The van der Waals surface area contributed by atoms with E-state index < -0.39 is 78.5 Å². The highest BCUT2D eigenvalue weighted by Crippen LogP contribution is 2.26. The molecule has 8 unspecified atom stereocenters. The zero-order valence-corrected chi connectivity index (χ0v) is 35.4. The maximum atomic E-state index is 13.0. The van der Waals surface area contributed by atoms with Crippen LogP contribution >= 0.6 is 0 Å². The summed E-state index contributed by atoms with van der Waals surface area (Å²) in [4.78, 5) is 13.0. The normalized spacial score (nSPS) is 22.2. The molecule has 1 amide bonds. The number of carbonyl (C=O) groups excluding carboxylic acids is 1. The van der Waals surface area contributed by atoms with Gasteiger partial charge in [0.2, 0.25) is 5.91 Å². The zero-order chi connectivity index (χ0) is 41.4. The minimum absolute atomic E-state index is 0.0506. The molecule has 1 heterocycles. The average molecular weight is 822 g/mol. The molecule has 1 aliphatic rings. The third kappa shape index (κ3) is 25.8. The highest BCUT2D eigenvalue weighted by molar-refractivity contribution is 7.80. The van der Waals surface area contributed by atoms with Crippen LogP contribution in [0.5, 0.6) is 0 Å². The number of allylic oxidation sites excluding steroid dienone is 3. The van der Waals surface area contributed by atoms with Crippen molar-refractivity contribution < 1.29 is 57.0 Å². The Hall–Kier alpha value is -1.46. The molecule has 13 nitrogen and oxygen atoms in total. The maximum absolute atomic E-state index is 13.0. The Morgan fingerprint density at radius 3 is 1.75 bits per heavy atom. The number of rotatable bonds is 36. The van der Waals surface area contributed by atoms with Crippen molar-refractivity contribution in [2.45, 2.75) is 223 Å². The molecule has 1 aliphatic heterocycles. The van der Waals surface area contributed by atoms with E-state index in [2.05, 4.69) is 35.5 Å². The SMILES string of the molecule is CCCCCCCC/C=C\C/C=C\CC(O)C(=O)NC(COC1OC(CO)C(O)C(OS(=O)(=O)O)C1O)C(O)CCCCCCCCCCCCCCCCC. The highest BCUT2D eigenvalue weighted by atomic mass is 32.3. The minimum Gasteiger partial charge on any atom is -0.394 e. The van der Waals surface area contributed by atoms with Gasteiger partial charge < -0.3 is 40.3 Å². The van der Waals surface area contributed by atoms with E-state index in [1.54, 1.807) is 6.08 Å². The number of ether oxygens (including phenoxy) is 2. The summed E-state index contributed by atoms with van der Waals surface area (Å²) in [6, 6.07) is -1.06. The Labute approximate surface area is 338 Å². The lowest BCUT2D eigenvalue weighted by atomic mass is 9.99. The van der Waals surface area contributed by atoms with Crippen LogP contribution in [0.4, 0.5) is 0 Å². The van der Waals surface area contributed by atoms with Crippen molar-refractivity contribution in [3.8, 4) is 0 Å². The summed E-state index contributed by atoms with van der Waals surface area (Å²) in [5.41, 5.74) is 0. The van der Waals surface area contributed by atoms with Gasteiger partial charge in [-0.25, -0.2) is 4.18 Å². The molecule has 0 aromatic heterocycles. The van der Waals surface area contributed by atoms with Crippen molar-refractivity contribution >= 4 is 16.3 Å². The van der Waals surface area contributed by atoms with Crippen molar-refractivity contribution in [1.29, 1.82) is 0 Å². The number of amides is 1. The molecule has 0 saturated carbocycles. The number of hydrogen-bond donors (Lipinski definition) is 7. The molecule has 0 radical (unpaired) electrons. The fourth-order valence-electron chi connectivity index (χ4n) is 6.86. The van der Waals surface area contributed by atoms with Crippen LogP contribution < -0.4 is 5.32 Å². The van der Waals surface area contributed by atoms with Crippen LogP contribution in [0, 0.1) is 0 Å². The topological polar surface area (TPSA) is 212 Å². The lowest BCUT2D eigenvalue weighted by molar-refractivity contribution is -0.298. The highest BCUT2D eigenvalue weighted by Gasteiger charge is 2.48. The van der Waals surface area contributed by atoms with Crippen molar-refractivity contribution in [2.24, 2.45) is 0 Å². The summed E-state index contributed by atoms with van der Waals surface area (Å²) in [7, 11) is -5.11. The zero-order valence-electron chi connectivity index (χ0n) is 34.6. The first-order chi connectivity index (χ1) is 26.9. The summed E-state index contributed by atoms with van der Waals surface area (Å²) < 4.78 is 47.4. The Morgan fingerprint density at radius 2 is 1.23 bits per heavy atom. The second kappa shape index (κ2) is 33.4. The number of unbranched alkanes of at least 4 members (excludes halogenated alkanes) is 20. The lowest BCUT2D eigenvalue weighted by Gasteiger charge is -2.41. The van der Waals surface area contributed by atoms with Gasteiger partial charge in [0, 0.05) is 6.42 Å². The first-order valence-electron chi connectivity index (χ1n) is 21.8. The van der Waals surface area contributed by atoms with Gasteiger partial charge in [-0.05, 0) is 25.7 Å². The molecule has 0 bridgehead atoms. The van der Waals surface area contributed by atoms with Gasteiger partial charge in [0.1, 0.15) is 30.5 Å². The molecule has 0 spiro atoms. The number of carbonyl (C=O) groups is 1. The molecule has 0 aromatic rings. The fraction of sp³-hybridized carbons (Fsp3) is 0.881. The largest absolute Gasteiger partial charge is 0.397 e. The number of hydrogen-bond acceptors (Lipinski definition) is 11. The van der Waals surface area contributed by atoms with Gasteiger partial charge in [-0.2, -0.15) is 8.42 Å². The van der Waals surface area contributed by atoms with Crippen LogP contribution in [0.25, 0.3) is 0 Å². The van der Waals surface area contributed by atoms with Crippen LogP contribution in [-0.4, -0.2) is 107 Å². The van der Waals surface area contributed by atoms with E-state index in [-0.39, 0.29) is 6.42 Å². The molecule has 7 N–H and O–H groups in total. The summed E-state index contributed by atoms with van der Waals surface area (Å²) in [6.07, 6.45) is 23.9. The van der Waals surface area contributed by atoms with E-state index in [0.29, 0.717) is 19.3 Å². The predicted octanol–water partition coefficient (Wildman–Crippen LogP) is 6.74. The summed E-state index contributed by atoms with van der Waals surface area (Å²) in [5, 5.41) is 55.1. The molecular formula is C42H79NO12S. The molecule has 0 aliphatic carbocycles. The Balaban J connectivity index is 2.65. The predicted molar refractivity (Wildman–Crippen MR) is 219 cm³/mol. The van der Waals surface area contributed by atoms with Crippen molar-refractivity contribution in [2.75, 3.05) is 13.2 Å². The third-order valence-electron chi connectivity index (χ3n) is 10.4. The molecule has 330 valence electrons. The molecule has 1 fully saturated rings. The van der Waals surface area contributed by atoms with Crippen LogP contribution in [0.1, 0.15) is 174 Å². The molecular weight excluding hydrogens is 743 g/mol. The van der Waals surface area contributed by atoms with Crippen molar-refractivity contribution in [3.63, 3.8) is 0 Å². The smallest absolute Gasteiger partial charge is 0.394 e. The monoisotopic (exact) mass is 822 g/mol. The second-order valence-electron chi connectivity index (χ2n) is 15.4. The van der Waals surface area contributed by atoms with Gasteiger partial charge in [-0.3, -0.25) is 9.35 Å². The van der Waals surface area contributed by atoms with Gasteiger partial charge in [-0.15, -0.1) is 0 Å². The number of aliphatic hydroxyl groups is 5. The molecule has 1 saturated heterocycles. The summed E-state index contributed by atoms with van der Waals surface area (Å²) in [5.74, 6) is -0.737. The van der Waals surface area contributed by atoms with E-state index in [1.807, 2.05) is 6.08 Å². The van der Waals surface area contributed by atoms with Crippen LogP contribution in [0.2, 0.25) is 0 Å². The maximum Gasteiger partial charge on any atom is 0.397 e. The van der Waals surface area contributed by atoms with Crippen LogP contribution in [0.3, 0.4) is 0 Å². The van der Waals surface area contributed by atoms with E-state index >= 15 is 0 Å². The molecule has 1 rings (SSSR count). The molecule has 8 atom stereocenters. The van der Waals surface area contributed by atoms with Crippen LogP contribution in [0.15, 0.2) is 24.3 Å². The standard InChI is InChI=1S/C42H79NO12S/c1-3-5-7-9-11-13-15-17-18-19-21-22-24-26-28-30-35(45)34(33-53-42-39(48)40(55-56(50,51)52)38(47)37(32-44)54-42)43-41(49)36(46)31-29-27-25-23-20-16-14-12-10-8-6-4-2/h20,23,27,29,34-40,42,44-48H,3-19,21-22,24-26,28,30-33H2,1-2H3,(H,43,49)(H,50,51,52)/b23-20-,29-27-. The average Bonchev–Trinajstić information content (AvgIpc) is 3.16. The van der Waals surface area contributed by atoms with Crippen molar-refractivity contribution in [1.82, 2.24) is 5.32 Å². The lowest BCUT2D eigenvalue weighted by Crippen LogP contribution is -2.61. The Kier molecular flexibility index (Phi) is 31.3. The van der Waals surface area contributed by atoms with Crippen LogP contribution in [-0.2, 0) is 28.9 Å². The van der Waals surface area contributed by atoms with E-state index in [4.69, 9.17) is 14.0 Å². The third-order valence-corrected chi connectivity index (χ3v) is 10.8. The molecule has 0 aromatic carbocycles. The van der Waals surface area contributed by atoms with Crippen molar-refractivity contribution in [3.05, 3.63) is 24.3 Å². The quantitative estimate of drug-likeness (QED) is 0.0199.